The zero-order valence-electron chi connectivity index (χ0n) is 16.9. The van der Waals surface area contributed by atoms with Gasteiger partial charge in [-0.1, -0.05) is 23.7 Å². The molecule has 0 saturated carbocycles. The van der Waals surface area contributed by atoms with E-state index in [4.69, 9.17) is 11.6 Å². The molecule has 4 amide bonds. The van der Waals surface area contributed by atoms with Crippen molar-refractivity contribution in [2.24, 2.45) is 0 Å². The minimum atomic E-state index is -0.618. The lowest BCUT2D eigenvalue weighted by molar-refractivity contribution is -0.127. The number of carbonyl (C=O) groups is 3. The van der Waals surface area contributed by atoms with E-state index in [2.05, 4.69) is 15.5 Å². The highest BCUT2D eigenvalue weighted by molar-refractivity contribution is 6.30. The second-order valence-corrected chi connectivity index (χ2v) is 8.01. The van der Waals surface area contributed by atoms with Crippen LogP contribution in [0, 0.1) is 0 Å². The first-order chi connectivity index (χ1) is 15.0. The van der Waals surface area contributed by atoms with Gasteiger partial charge in [0.2, 0.25) is 5.91 Å². The number of urea groups is 1. The minimum absolute atomic E-state index is 0.148. The molecule has 0 aromatic heterocycles. The zero-order valence-corrected chi connectivity index (χ0v) is 17.7. The number of imide groups is 1. The second-order valence-electron chi connectivity index (χ2n) is 7.57. The van der Waals surface area contributed by atoms with Gasteiger partial charge in [0.1, 0.15) is 12.2 Å². The number of hydrogen-bond acceptors (Lipinski definition) is 4. The molecule has 2 aromatic carbocycles. The van der Waals surface area contributed by atoms with E-state index in [-0.39, 0.29) is 12.2 Å². The van der Waals surface area contributed by atoms with Crippen LogP contribution < -0.4 is 15.5 Å². The first-order valence-electron chi connectivity index (χ1n) is 10.2. The average molecular weight is 439 g/mol. The van der Waals surface area contributed by atoms with Crippen molar-refractivity contribution in [2.45, 2.75) is 19.3 Å². The van der Waals surface area contributed by atoms with Gasteiger partial charge < -0.3 is 15.5 Å². The van der Waals surface area contributed by atoms with Gasteiger partial charge in [0.15, 0.2) is 0 Å². The fraction of sp³-hybridized carbons (Fsp3) is 0.261. The van der Waals surface area contributed by atoms with Crippen molar-refractivity contribution < 1.29 is 14.4 Å². The third kappa shape index (κ3) is 5.06. The van der Waals surface area contributed by atoms with Crippen LogP contribution in [0.3, 0.4) is 0 Å². The molecule has 31 heavy (non-hydrogen) atoms. The number of nitrogens with zero attached hydrogens (tertiary/aromatic N) is 2. The summed E-state index contributed by atoms with van der Waals surface area (Å²) in [6, 6.07) is 13.8. The standard InChI is InChI=1S/C23H23ClN4O3/c24-17-6-8-18(9-7-17)25-21(29)15-28-22(30)20(26-23(28)31)14-16-4-10-19(11-5-16)27-12-2-1-3-13-27/h4-11,14H,1-3,12-13,15H2,(H,25,29)(H,26,31)/b20-14-. The second kappa shape index (κ2) is 9.22. The van der Waals surface area contributed by atoms with Crippen molar-refractivity contribution in [1.29, 1.82) is 0 Å². The van der Waals surface area contributed by atoms with Crippen LogP contribution in [0.2, 0.25) is 5.02 Å². The van der Waals surface area contributed by atoms with Crippen molar-refractivity contribution in [1.82, 2.24) is 10.2 Å². The highest BCUT2D eigenvalue weighted by Crippen LogP contribution is 2.22. The third-order valence-corrected chi connectivity index (χ3v) is 5.57. The molecule has 4 rings (SSSR count). The van der Waals surface area contributed by atoms with E-state index in [0.717, 1.165) is 29.2 Å². The summed E-state index contributed by atoms with van der Waals surface area (Å²) in [6.07, 6.45) is 5.30. The maximum atomic E-state index is 12.6. The molecule has 2 aromatic rings. The number of benzene rings is 2. The van der Waals surface area contributed by atoms with Crippen molar-refractivity contribution >= 4 is 46.9 Å². The first-order valence-corrected chi connectivity index (χ1v) is 10.6. The molecular weight excluding hydrogens is 416 g/mol. The number of nitrogens with one attached hydrogen (secondary N) is 2. The van der Waals surface area contributed by atoms with Gasteiger partial charge in [-0.25, -0.2) is 9.69 Å². The van der Waals surface area contributed by atoms with E-state index in [1.165, 1.54) is 19.3 Å². The summed E-state index contributed by atoms with van der Waals surface area (Å²) in [4.78, 5) is 40.4. The largest absolute Gasteiger partial charge is 0.372 e. The molecule has 0 atom stereocenters. The van der Waals surface area contributed by atoms with Crippen LogP contribution >= 0.6 is 11.6 Å². The maximum absolute atomic E-state index is 12.6. The Hall–Kier alpha value is -3.32. The topological polar surface area (TPSA) is 81.8 Å². The van der Waals surface area contributed by atoms with Crippen LogP contribution in [0.5, 0.6) is 0 Å². The molecule has 0 unspecified atom stereocenters. The Balaban J connectivity index is 1.39. The van der Waals surface area contributed by atoms with Crippen LogP contribution in [0.4, 0.5) is 16.2 Å². The Morgan fingerprint density at radius 1 is 1.00 bits per heavy atom. The molecule has 2 aliphatic rings. The third-order valence-electron chi connectivity index (χ3n) is 5.32. The predicted octanol–water partition coefficient (Wildman–Crippen LogP) is 3.86. The molecule has 160 valence electrons. The molecular formula is C23H23ClN4O3. The molecule has 8 heteroatoms. The predicted molar refractivity (Wildman–Crippen MR) is 121 cm³/mol. The summed E-state index contributed by atoms with van der Waals surface area (Å²) in [5.74, 6) is -1.01. The molecule has 2 aliphatic heterocycles. The molecule has 0 aliphatic carbocycles. The van der Waals surface area contributed by atoms with E-state index >= 15 is 0 Å². The summed E-state index contributed by atoms with van der Waals surface area (Å²) in [5, 5.41) is 5.74. The molecule has 2 fully saturated rings. The number of carbonyl (C=O) groups excluding carboxylic acids is 3. The average Bonchev–Trinajstić information content (AvgIpc) is 3.04. The molecule has 0 spiro atoms. The number of hydrogen-bond donors (Lipinski definition) is 2. The van der Waals surface area contributed by atoms with E-state index in [1.807, 2.05) is 24.3 Å². The van der Waals surface area contributed by atoms with Crippen LogP contribution in [0.1, 0.15) is 24.8 Å². The van der Waals surface area contributed by atoms with Gasteiger partial charge in [0.25, 0.3) is 5.91 Å². The van der Waals surface area contributed by atoms with Gasteiger partial charge >= 0.3 is 6.03 Å². The highest BCUT2D eigenvalue weighted by atomic mass is 35.5. The SMILES string of the molecule is O=C(CN1C(=O)N/C(=C\c2ccc(N3CCCCC3)cc2)C1=O)Nc1ccc(Cl)cc1. The van der Waals surface area contributed by atoms with Crippen LogP contribution in [-0.4, -0.2) is 42.4 Å². The Bertz CT molecular complexity index is 1010. The summed E-state index contributed by atoms with van der Waals surface area (Å²) >= 11 is 5.83. The normalized spacial score (nSPS) is 17.8. The van der Waals surface area contributed by atoms with Crippen LogP contribution in [0.25, 0.3) is 6.08 Å². The van der Waals surface area contributed by atoms with Gasteiger partial charge in [-0.2, -0.15) is 0 Å². The van der Waals surface area contributed by atoms with Crippen LogP contribution in [-0.2, 0) is 9.59 Å². The number of amides is 4. The van der Waals surface area contributed by atoms with E-state index in [1.54, 1.807) is 30.3 Å². The Kier molecular flexibility index (Phi) is 6.23. The molecule has 2 saturated heterocycles. The Morgan fingerprint density at radius 3 is 2.35 bits per heavy atom. The van der Waals surface area contributed by atoms with Gasteiger partial charge in [0.05, 0.1) is 0 Å². The lowest BCUT2D eigenvalue weighted by Gasteiger charge is -2.28. The van der Waals surface area contributed by atoms with E-state index in [0.29, 0.717) is 10.7 Å². The quantitative estimate of drug-likeness (QED) is 0.548. The van der Waals surface area contributed by atoms with Crippen molar-refractivity contribution in [3.63, 3.8) is 0 Å². The smallest absolute Gasteiger partial charge is 0.329 e. The lowest BCUT2D eigenvalue weighted by atomic mass is 10.1. The van der Waals surface area contributed by atoms with E-state index < -0.39 is 17.8 Å². The van der Waals surface area contributed by atoms with Gasteiger partial charge in [-0.3, -0.25) is 9.59 Å². The van der Waals surface area contributed by atoms with Crippen molar-refractivity contribution in [2.75, 3.05) is 29.9 Å². The van der Waals surface area contributed by atoms with Crippen molar-refractivity contribution in [3.05, 3.63) is 64.8 Å². The maximum Gasteiger partial charge on any atom is 0.329 e. The number of anilines is 2. The summed E-state index contributed by atoms with van der Waals surface area (Å²) in [5.41, 5.74) is 2.64. The Labute approximate surface area is 185 Å². The number of rotatable bonds is 5. The molecule has 0 bridgehead atoms. The number of piperidine rings is 1. The molecule has 2 N–H and O–H groups in total. The van der Waals surface area contributed by atoms with Gasteiger partial charge in [-0.15, -0.1) is 0 Å². The van der Waals surface area contributed by atoms with E-state index in [9.17, 15) is 14.4 Å². The fourth-order valence-electron chi connectivity index (χ4n) is 3.69. The summed E-state index contributed by atoms with van der Waals surface area (Å²) < 4.78 is 0. The molecule has 7 nitrogen and oxygen atoms in total. The van der Waals surface area contributed by atoms with Crippen LogP contribution in [0.15, 0.2) is 54.2 Å². The lowest BCUT2D eigenvalue weighted by Crippen LogP contribution is -2.38. The summed E-state index contributed by atoms with van der Waals surface area (Å²) in [6.45, 7) is 1.74. The van der Waals surface area contributed by atoms with Gasteiger partial charge in [0, 0.05) is 29.5 Å². The number of halogens is 1. The highest BCUT2D eigenvalue weighted by Gasteiger charge is 2.34. The molecule has 2 heterocycles. The monoisotopic (exact) mass is 438 g/mol. The van der Waals surface area contributed by atoms with Gasteiger partial charge in [-0.05, 0) is 67.3 Å². The summed E-state index contributed by atoms with van der Waals surface area (Å²) in [7, 11) is 0. The zero-order chi connectivity index (χ0) is 21.8. The van der Waals surface area contributed by atoms with Crippen molar-refractivity contribution in [3.8, 4) is 0 Å². The molecule has 0 radical (unpaired) electrons. The fourth-order valence-corrected chi connectivity index (χ4v) is 3.82. The first kappa shape index (κ1) is 20.9. The minimum Gasteiger partial charge on any atom is -0.372 e. The Morgan fingerprint density at radius 2 is 1.68 bits per heavy atom.